The van der Waals surface area contributed by atoms with Crippen LogP contribution in [0.25, 0.3) is 0 Å². The number of piperidine rings is 4. The molecule has 0 aromatic heterocycles. The molecule has 8 aromatic rings. The molecule has 4 atom stereocenters. The van der Waals surface area contributed by atoms with E-state index in [-0.39, 0.29) is 137 Å². The molecule has 12 aliphatic heterocycles. The highest BCUT2D eigenvalue weighted by Gasteiger charge is 2.45. The van der Waals surface area contributed by atoms with Crippen molar-refractivity contribution in [1.82, 2.24) is 60.5 Å². The van der Waals surface area contributed by atoms with Crippen LogP contribution in [0.4, 0.5) is 28.9 Å². The Kier molecular flexibility index (Phi) is 22.4. The monoisotopic (exact) mass is 1890 g/mol. The fraction of sp³-hybridized carbons (Fsp3) is 0.400. The Morgan fingerprint density at radius 3 is 1.05 bits per heavy atom. The highest BCUT2D eigenvalue weighted by molar-refractivity contribution is 6.09. The second kappa shape index (κ2) is 43.2. The Morgan fingerprint density at radius 1 is 0.360 bits per heavy atom. The maximum absolute atomic E-state index is 15.1. The zero-order valence-corrected chi connectivity index (χ0v) is 72.8. The summed E-state index contributed by atoms with van der Waals surface area (Å²) in [5, 5.41) is 13.5. The number of carbonyl (C=O) groups excluding carboxylic acids is 12. The maximum Gasteiger partial charge on any atom is 0.255 e. The summed E-state index contributed by atoms with van der Waals surface area (Å²) in [4.78, 5) is 160. The molecule has 8 saturated heterocycles. The van der Waals surface area contributed by atoms with E-state index in [1.165, 1.54) is 91.0 Å². The molecule has 4 unspecified atom stereocenters. The van der Waals surface area contributed by atoms with Gasteiger partial charge in [0.25, 0.3) is 23.6 Å². The number of imide groups is 4. The lowest BCUT2D eigenvalue weighted by Gasteiger charge is -2.29. The summed E-state index contributed by atoms with van der Waals surface area (Å²) >= 11 is 0. The number of hydrogen-bond acceptors (Lipinski definition) is 24. The number of anilines is 2. The average Bonchev–Trinajstić information content (AvgIpc) is 1.42. The second-order valence-electron chi connectivity index (χ2n) is 32.4. The molecule has 8 fully saturated rings. The summed E-state index contributed by atoms with van der Waals surface area (Å²) < 4.78 is 275. The summed E-state index contributed by atoms with van der Waals surface area (Å²) in [7, 11) is 0. The molecule has 36 heteroatoms. The lowest BCUT2D eigenvalue weighted by Crippen LogP contribution is -2.52. The van der Waals surface area contributed by atoms with Crippen molar-refractivity contribution in [3.8, 4) is 11.5 Å². The molecular formula is C100H106F4N14O18. The predicted octanol–water partition coefficient (Wildman–Crippen LogP) is 8.06. The molecule has 0 spiro atoms. The van der Waals surface area contributed by atoms with E-state index in [0.717, 1.165) is 32.9 Å². The van der Waals surface area contributed by atoms with Gasteiger partial charge in [0.2, 0.25) is 47.3 Å². The largest absolute Gasteiger partial charge is 0.488 e. The van der Waals surface area contributed by atoms with Crippen molar-refractivity contribution < 1.29 is 134 Å². The molecule has 20 rings (SSSR count). The zero-order chi connectivity index (χ0) is 114. The van der Waals surface area contributed by atoms with Crippen LogP contribution in [0.1, 0.15) is 189 Å². The molecule has 0 radical (unpaired) electrons. The van der Waals surface area contributed by atoms with Gasteiger partial charge in [-0.2, -0.15) is 0 Å². The Balaban J connectivity index is 0.000000142. The molecule has 6 N–H and O–H groups in total. The van der Waals surface area contributed by atoms with Crippen molar-refractivity contribution in [2.75, 3.05) is 116 Å². The molecule has 12 amide bonds. The molecule has 0 bridgehead atoms. The Hall–Kier alpha value is -13.2. The fourth-order valence-electron chi connectivity index (χ4n) is 16.5. The Morgan fingerprint density at radius 2 is 0.669 bits per heavy atom. The minimum atomic E-state index is -3.39. The predicted molar refractivity (Wildman–Crippen MR) is 483 cm³/mol. The van der Waals surface area contributed by atoms with Crippen molar-refractivity contribution >= 4 is 82.3 Å². The van der Waals surface area contributed by atoms with E-state index in [1.54, 1.807) is 61.3 Å². The van der Waals surface area contributed by atoms with E-state index in [4.69, 9.17) is 58.6 Å². The number of carbonyl (C=O) groups is 12. The highest BCUT2D eigenvalue weighted by Crippen LogP contribution is 2.40. The fourth-order valence-corrected chi connectivity index (χ4v) is 16.5. The Labute approximate surface area is 812 Å². The van der Waals surface area contributed by atoms with Crippen LogP contribution in [-0.4, -0.2) is 239 Å². The van der Waals surface area contributed by atoms with Gasteiger partial charge in [0.15, 0.2) is 0 Å². The number of nitrogens with one attached hydrogen (secondary N) is 6. The number of nitrogens with zero attached hydrogens (tertiary/aromatic N) is 8. The molecular weight excluding hydrogens is 1760 g/mol. The number of rotatable bonds is 24. The molecule has 0 saturated carbocycles. The first-order valence-corrected chi connectivity index (χ1v) is 43.6. The number of halogens is 4. The molecule has 12 heterocycles. The van der Waals surface area contributed by atoms with E-state index >= 15 is 13.2 Å². The molecule has 712 valence electrons. The summed E-state index contributed by atoms with van der Waals surface area (Å²) in [5.41, 5.74) is 4.30. The lowest BCUT2D eigenvalue weighted by molar-refractivity contribution is -0.138. The third-order valence-corrected chi connectivity index (χ3v) is 23.6. The molecule has 12 aliphatic rings. The second-order valence-corrected chi connectivity index (χ2v) is 32.4. The van der Waals surface area contributed by atoms with Crippen LogP contribution in [0.3, 0.4) is 0 Å². The van der Waals surface area contributed by atoms with Crippen LogP contribution in [0.5, 0.6) is 11.5 Å². The Bertz CT molecular complexity index is 6910. The number of fused-ring (bicyclic) bond motifs is 4. The van der Waals surface area contributed by atoms with Crippen molar-refractivity contribution in [2.45, 2.75) is 154 Å². The average molecular weight is 1890 g/mol. The van der Waals surface area contributed by atoms with E-state index in [9.17, 15) is 61.9 Å². The maximum atomic E-state index is 15.1. The SMILES string of the molecule is [2H]C([2H])(c1ccc(CNc2cccc3c2CN(C2([2H])C(=O)NC(=O)C([2H])([2H])C2([2H])[2H])C3=O)c(F)c1)N1CCOCC1.[2H]C([2H])(c1ccc(CNc2cccc3c2CN(C2C(=O)NC(=O)C([2H])([2H])C2([2H])[2H])C3=O)c(F)c1)N1CCOCC1.[2H]C([2H])(c1ccc(COc2cccc3c2CN(C2C(=O)NC(=O)C([2H])([2H])C2([2H])[2H])C3=O)c(F)c1)N1CCOCC1.[2H]C1(N2Cc3c(OCc4ccc(C([2H])([2H])N5CCOCC5)cc4F)cccc3C2=O)CCC(=O)NC1=O. The molecule has 0 aliphatic carbocycles. The van der Waals surface area contributed by atoms with Gasteiger partial charge in [-0.05, 0) is 121 Å². The van der Waals surface area contributed by atoms with Crippen LogP contribution in [0, 0.1) is 23.3 Å². The highest BCUT2D eigenvalue weighted by atomic mass is 19.1. The summed E-state index contributed by atoms with van der Waals surface area (Å²) in [6.45, 7) is -2.84. The number of ether oxygens (including phenoxy) is 6. The van der Waals surface area contributed by atoms with Gasteiger partial charge in [-0.15, -0.1) is 0 Å². The zero-order valence-electron chi connectivity index (χ0n) is 94.8. The third-order valence-electron chi connectivity index (χ3n) is 23.6. The van der Waals surface area contributed by atoms with Gasteiger partial charge < -0.3 is 58.7 Å². The normalized spacial score (nSPS) is 27.0. The van der Waals surface area contributed by atoms with Crippen LogP contribution < -0.4 is 41.4 Å². The van der Waals surface area contributed by atoms with Crippen LogP contribution in [-0.2, 0) is 136 Å². The van der Waals surface area contributed by atoms with Crippen LogP contribution in [0.2, 0.25) is 0 Å². The number of morpholine rings is 4. The van der Waals surface area contributed by atoms with Gasteiger partial charge in [0.05, 0.1) is 68.7 Å². The molecule has 8 aromatic carbocycles. The van der Waals surface area contributed by atoms with Gasteiger partial charge in [0, 0.05) is 236 Å². The van der Waals surface area contributed by atoms with E-state index < -0.39 is 189 Å². The number of amides is 12. The first-order chi connectivity index (χ1) is 74.3. The number of hydrogen-bond donors (Lipinski definition) is 6. The van der Waals surface area contributed by atoms with Crippen LogP contribution in [0.15, 0.2) is 146 Å². The van der Waals surface area contributed by atoms with Crippen molar-refractivity contribution in [3.63, 3.8) is 0 Å². The summed E-state index contributed by atoms with van der Waals surface area (Å²) in [6.07, 6.45) is -18.9. The smallest absolute Gasteiger partial charge is 0.255 e. The standard InChI is InChI=1S/2C25H27FN4O4.2C25H26FN3O5/c2*26-20-12-16(14-29-8-10-34-11-9-29)4-5-17(20)13-27-21-3-1-2-18-19(21)15-30(25(18)33)22-6-7-23(31)28-24(22)32;2*26-20-12-16(13-28-8-10-33-11-9-28)4-5-17(20)15-34-22-3-1-2-18-19(22)14-29(25(18)32)21-6-7-23(30)27-24(21)31/h2*1-5,12,22,27H,6-11,13-15H2,(H,28,31,32);2*1-5,12,21H,6-11,13-15H2,(H,27,30,31)/i6D2,7D2,14D2,22D;6D2,7D2,14D2;6D2,7D2,13D2;13D2,21D. The topological polar surface area (TPSA) is 358 Å². The van der Waals surface area contributed by atoms with Crippen LogP contribution >= 0.6 is 0 Å². The first kappa shape index (κ1) is 70.5. The molecule has 32 nitrogen and oxygen atoms in total. The van der Waals surface area contributed by atoms with E-state index in [0.29, 0.717) is 144 Å². The van der Waals surface area contributed by atoms with Crippen molar-refractivity contribution in [1.29, 1.82) is 0 Å². The first-order valence-electron chi connectivity index (χ1n) is 54.6. The van der Waals surface area contributed by atoms with Gasteiger partial charge in [0.1, 0.15) is 72.1 Å². The third kappa shape index (κ3) is 22.3. The van der Waals surface area contributed by atoms with Gasteiger partial charge in [-0.1, -0.05) is 72.8 Å². The van der Waals surface area contributed by atoms with E-state index in [1.807, 2.05) is 10.6 Å². The summed E-state index contributed by atoms with van der Waals surface area (Å²) in [5.74, 6) is -14.3. The summed E-state index contributed by atoms with van der Waals surface area (Å²) in [6, 6.07) is 26.1. The van der Waals surface area contributed by atoms with Gasteiger partial charge >= 0.3 is 0 Å². The minimum Gasteiger partial charge on any atom is -0.488 e. The minimum absolute atomic E-state index is 0.0148. The van der Waals surface area contributed by atoms with Gasteiger partial charge in [-0.3, -0.25) is 98.4 Å². The van der Waals surface area contributed by atoms with Crippen molar-refractivity contribution in [3.05, 3.63) is 258 Å². The lowest BCUT2D eigenvalue weighted by atomic mass is 10.0. The molecule has 136 heavy (non-hydrogen) atoms. The van der Waals surface area contributed by atoms with E-state index in [2.05, 4.69) is 16.0 Å². The quantitative estimate of drug-likeness (QED) is 0.0246. The number of benzene rings is 8. The van der Waals surface area contributed by atoms with Gasteiger partial charge in [-0.25, -0.2) is 17.6 Å². The van der Waals surface area contributed by atoms with Crippen molar-refractivity contribution in [2.24, 2.45) is 0 Å².